The molecule has 0 unspecified atom stereocenters. The van der Waals surface area contributed by atoms with Gasteiger partial charge in [-0.25, -0.2) is 9.59 Å². The predicted molar refractivity (Wildman–Crippen MR) is 161 cm³/mol. The van der Waals surface area contributed by atoms with Crippen molar-refractivity contribution in [3.8, 4) is 10.4 Å². The third-order valence-corrected chi connectivity index (χ3v) is 9.45. The van der Waals surface area contributed by atoms with Crippen LogP contribution in [0.4, 0.5) is 10.5 Å². The summed E-state index contributed by atoms with van der Waals surface area (Å²) in [5.74, 6) is 0.175. The van der Waals surface area contributed by atoms with Crippen LogP contribution in [0.3, 0.4) is 0 Å². The lowest BCUT2D eigenvalue weighted by molar-refractivity contribution is -0.124. The van der Waals surface area contributed by atoms with Crippen molar-refractivity contribution in [3.63, 3.8) is 0 Å². The van der Waals surface area contributed by atoms with E-state index in [1.54, 1.807) is 4.90 Å². The number of hydrogen-bond acceptors (Lipinski definition) is 6. The van der Waals surface area contributed by atoms with Crippen molar-refractivity contribution < 1.29 is 23.9 Å². The van der Waals surface area contributed by atoms with Gasteiger partial charge in [-0.3, -0.25) is 4.79 Å². The Morgan fingerprint density at radius 3 is 2.17 bits per heavy atom. The maximum absolute atomic E-state index is 14.3. The lowest BCUT2D eigenvalue weighted by Crippen LogP contribution is -2.51. The van der Waals surface area contributed by atoms with Gasteiger partial charge in [0.25, 0.3) is 0 Å². The van der Waals surface area contributed by atoms with E-state index < -0.39 is 5.97 Å². The summed E-state index contributed by atoms with van der Waals surface area (Å²) in [6, 6.07) is 21.4. The van der Waals surface area contributed by atoms with Crippen LogP contribution >= 0.6 is 11.3 Å². The first-order valence-electron chi connectivity index (χ1n) is 14.5. The molecule has 0 radical (unpaired) electrons. The van der Waals surface area contributed by atoms with E-state index in [1.165, 1.54) is 18.4 Å². The number of carbonyl (C=O) groups excluding carboxylic acids is 3. The molecule has 2 aromatic carbocycles. The molecule has 7 nitrogen and oxygen atoms in total. The Kier molecular flexibility index (Phi) is 9.39. The van der Waals surface area contributed by atoms with Gasteiger partial charge in [0.2, 0.25) is 5.91 Å². The van der Waals surface area contributed by atoms with Gasteiger partial charge in [-0.15, -0.1) is 11.3 Å². The number of likely N-dealkylation sites (tertiary alicyclic amines) is 1. The summed E-state index contributed by atoms with van der Waals surface area (Å²) in [6.07, 6.45) is 4.62. The molecule has 1 aromatic heterocycles. The topological polar surface area (TPSA) is 76.2 Å². The smallest absolute Gasteiger partial charge is 0.410 e. The number of thiophene rings is 1. The number of anilines is 1. The Morgan fingerprint density at radius 1 is 0.902 bits per heavy atom. The molecule has 5 rings (SSSR count). The number of esters is 1. The second-order valence-corrected chi connectivity index (χ2v) is 12.2. The van der Waals surface area contributed by atoms with Gasteiger partial charge in [0.05, 0.1) is 12.8 Å². The predicted octanol–water partition coefficient (Wildman–Crippen LogP) is 7.16. The monoisotopic (exact) mass is 574 g/mol. The summed E-state index contributed by atoms with van der Waals surface area (Å²) in [6.45, 7) is 3.43. The zero-order valence-electron chi connectivity index (χ0n) is 23.8. The lowest BCUT2D eigenvalue weighted by Gasteiger charge is -2.40. The number of amides is 2. The highest BCUT2D eigenvalue weighted by atomic mass is 32.1. The molecule has 0 spiro atoms. The fourth-order valence-electron chi connectivity index (χ4n) is 5.86. The number of nitrogens with zero attached hydrogens (tertiary/aromatic N) is 2. The summed E-state index contributed by atoms with van der Waals surface area (Å²) in [5.41, 5.74) is 2.55. The molecule has 216 valence electrons. The number of benzene rings is 2. The maximum atomic E-state index is 14.3. The third-order valence-electron chi connectivity index (χ3n) is 8.30. The van der Waals surface area contributed by atoms with Gasteiger partial charge in [-0.1, -0.05) is 67.6 Å². The molecule has 0 bridgehead atoms. The number of methoxy groups -OCH3 is 1. The van der Waals surface area contributed by atoms with Crippen LogP contribution in [0.2, 0.25) is 0 Å². The fraction of sp³-hybridized carbons (Fsp3) is 0.424. The minimum atomic E-state index is -0.441. The van der Waals surface area contributed by atoms with Crippen molar-refractivity contribution in [2.45, 2.75) is 58.1 Å². The van der Waals surface area contributed by atoms with Crippen LogP contribution in [0, 0.1) is 11.8 Å². The average molecular weight is 575 g/mol. The van der Waals surface area contributed by atoms with Gasteiger partial charge < -0.3 is 19.3 Å². The van der Waals surface area contributed by atoms with E-state index in [-0.39, 0.29) is 30.6 Å². The van der Waals surface area contributed by atoms with E-state index in [4.69, 9.17) is 9.47 Å². The molecule has 1 saturated heterocycles. The number of hydrogen-bond donors (Lipinski definition) is 0. The molecule has 1 saturated carbocycles. The average Bonchev–Trinajstić information content (AvgIpc) is 3.46. The van der Waals surface area contributed by atoms with Crippen molar-refractivity contribution in [1.82, 2.24) is 4.90 Å². The first-order valence-corrected chi connectivity index (χ1v) is 15.3. The standard InChI is InChI=1S/C33H38N2O5S/c1-23-13-15-26(16-14-23)31(36)35(28-21-29(25-11-7-4-8-12-25)41-30(28)32(37)39-2)27-17-19-34(20-18-27)33(38)40-22-24-9-5-3-6-10-24/h3-12,21,23,26-27H,13-20,22H2,1-2H3/t23-,26-. The quantitative estimate of drug-likeness (QED) is 0.280. The Balaban J connectivity index is 1.39. The molecular formula is C33H38N2O5S. The number of piperidine rings is 1. The Hall–Kier alpha value is -3.65. The van der Waals surface area contributed by atoms with Crippen molar-refractivity contribution >= 4 is 35.0 Å². The molecule has 1 aliphatic heterocycles. The molecular weight excluding hydrogens is 536 g/mol. The van der Waals surface area contributed by atoms with Crippen LogP contribution in [0.15, 0.2) is 66.7 Å². The number of rotatable bonds is 7. The number of ether oxygens (including phenoxy) is 2. The van der Waals surface area contributed by atoms with Gasteiger partial charge in [-0.2, -0.15) is 0 Å². The van der Waals surface area contributed by atoms with Crippen LogP contribution in [0.25, 0.3) is 10.4 Å². The van der Waals surface area contributed by atoms with Crippen LogP contribution in [-0.4, -0.2) is 49.1 Å². The van der Waals surface area contributed by atoms with Crippen LogP contribution in [0.1, 0.15) is 60.7 Å². The summed E-state index contributed by atoms with van der Waals surface area (Å²) in [4.78, 5) is 45.1. The molecule has 0 N–H and O–H groups in total. The van der Waals surface area contributed by atoms with Crippen LogP contribution in [-0.2, 0) is 20.9 Å². The Labute approximate surface area is 246 Å². The van der Waals surface area contributed by atoms with Crippen molar-refractivity contribution in [2.24, 2.45) is 11.8 Å². The molecule has 2 amide bonds. The molecule has 41 heavy (non-hydrogen) atoms. The minimum absolute atomic E-state index is 0.0737. The normalized spacial score (nSPS) is 19.4. The summed E-state index contributed by atoms with van der Waals surface area (Å²) in [5, 5.41) is 0. The summed E-state index contributed by atoms with van der Waals surface area (Å²) in [7, 11) is 1.38. The first kappa shape index (κ1) is 28.9. The number of carbonyl (C=O) groups is 3. The van der Waals surface area contributed by atoms with E-state index in [0.717, 1.165) is 41.7 Å². The van der Waals surface area contributed by atoms with Crippen LogP contribution in [0.5, 0.6) is 0 Å². The van der Waals surface area contributed by atoms with E-state index in [0.29, 0.717) is 42.4 Å². The van der Waals surface area contributed by atoms with E-state index in [1.807, 2.05) is 71.6 Å². The van der Waals surface area contributed by atoms with E-state index in [2.05, 4.69) is 6.92 Å². The second-order valence-electron chi connectivity index (χ2n) is 11.1. The lowest BCUT2D eigenvalue weighted by atomic mass is 9.82. The van der Waals surface area contributed by atoms with Gasteiger partial charge in [0.1, 0.15) is 11.5 Å². The summed E-state index contributed by atoms with van der Waals surface area (Å²) >= 11 is 1.36. The van der Waals surface area contributed by atoms with Crippen molar-refractivity contribution in [3.05, 3.63) is 77.2 Å². The second kappa shape index (κ2) is 13.3. The van der Waals surface area contributed by atoms with Gasteiger partial charge in [0, 0.05) is 29.9 Å². The molecule has 1 aliphatic carbocycles. The highest BCUT2D eigenvalue weighted by molar-refractivity contribution is 7.18. The SMILES string of the molecule is COC(=O)c1sc(-c2ccccc2)cc1N(C(=O)[C@H]1CC[C@H](C)CC1)C1CCN(C(=O)OCc2ccccc2)CC1. The van der Waals surface area contributed by atoms with Gasteiger partial charge in [-0.05, 0) is 61.6 Å². The largest absolute Gasteiger partial charge is 0.465 e. The van der Waals surface area contributed by atoms with Crippen molar-refractivity contribution in [1.29, 1.82) is 0 Å². The molecule has 8 heteroatoms. The zero-order valence-corrected chi connectivity index (χ0v) is 24.6. The highest BCUT2D eigenvalue weighted by Crippen LogP contribution is 2.41. The summed E-state index contributed by atoms with van der Waals surface area (Å²) < 4.78 is 10.7. The maximum Gasteiger partial charge on any atom is 0.410 e. The van der Waals surface area contributed by atoms with Gasteiger partial charge in [0.15, 0.2) is 0 Å². The molecule has 3 aromatic rings. The van der Waals surface area contributed by atoms with Gasteiger partial charge >= 0.3 is 12.1 Å². The zero-order chi connectivity index (χ0) is 28.8. The molecule has 2 fully saturated rings. The van der Waals surface area contributed by atoms with E-state index in [9.17, 15) is 14.4 Å². The molecule has 2 heterocycles. The third kappa shape index (κ3) is 6.81. The first-order chi connectivity index (χ1) is 19.9. The molecule has 2 aliphatic rings. The van der Waals surface area contributed by atoms with Crippen molar-refractivity contribution in [2.75, 3.05) is 25.1 Å². The Bertz CT molecular complexity index is 1330. The Morgan fingerprint density at radius 2 is 1.54 bits per heavy atom. The van der Waals surface area contributed by atoms with E-state index >= 15 is 0 Å². The molecule has 0 atom stereocenters. The van der Waals surface area contributed by atoms with Crippen LogP contribution < -0.4 is 4.90 Å². The fourth-order valence-corrected chi connectivity index (χ4v) is 6.93. The minimum Gasteiger partial charge on any atom is -0.465 e. The highest BCUT2D eigenvalue weighted by Gasteiger charge is 2.38.